The number of esters is 1. The lowest BCUT2D eigenvalue weighted by Gasteiger charge is -2.17. The van der Waals surface area contributed by atoms with E-state index >= 15 is 0 Å². The van der Waals surface area contributed by atoms with Crippen molar-refractivity contribution < 1.29 is 23.7 Å². The first-order valence-corrected chi connectivity index (χ1v) is 6.59. The molecule has 2 rings (SSSR count). The molecule has 0 saturated carbocycles. The Hall–Kier alpha value is -1.59. The van der Waals surface area contributed by atoms with Crippen LogP contribution in [0, 0.1) is 0 Å². The molecule has 1 atom stereocenters. The van der Waals surface area contributed by atoms with E-state index in [-0.39, 0.29) is 18.5 Å². The van der Waals surface area contributed by atoms with Gasteiger partial charge in [0.25, 0.3) is 0 Å². The number of rotatable bonds is 5. The van der Waals surface area contributed by atoms with Gasteiger partial charge in [-0.1, -0.05) is 12.1 Å². The Morgan fingerprint density at radius 2 is 2.05 bits per heavy atom. The van der Waals surface area contributed by atoms with Gasteiger partial charge in [0.2, 0.25) is 0 Å². The zero-order valence-electron chi connectivity index (χ0n) is 12.0. The van der Waals surface area contributed by atoms with Crippen LogP contribution in [0.3, 0.4) is 0 Å². The quantitative estimate of drug-likeness (QED) is 0.771. The van der Waals surface area contributed by atoms with Gasteiger partial charge in [-0.05, 0) is 31.5 Å². The van der Waals surface area contributed by atoms with Crippen molar-refractivity contribution in [2.24, 2.45) is 0 Å². The molecular weight excluding hydrogens is 260 g/mol. The Morgan fingerprint density at radius 1 is 1.35 bits per heavy atom. The van der Waals surface area contributed by atoms with E-state index in [0.29, 0.717) is 13.2 Å². The van der Waals surface area contributed by atoms with Gasteiger partial charge in [0.1, 0.15) is 18.5 Å². The van der Waals surface area contributed by atoms with E-state index in [2.05, 4.69) is 4.74 Å². The lowest BCUT2D eigenvalue weighted by molar-refractivity contribution is -0.141. The fraction of sp³-hybridized carbons (Fsp3) is 0.533. The molecule has 1 heterocycles. The summed E-state index contributed by atoms with van der Waals surface area (Å²) >= 11 is 0. The summed E-state index contributed by atoms with van der Waals surface area (Å²) in [6.07, 6.45) is 0.213. The maximum Gasteiger partial charge on any atom is 0.309 e. The molecular formula is C15H20O5. The van der Waals surface area contributed by atoms with Gasteiger partial charge >= 0.3 is 5.97 Å². The second-order valence-electron chi connectivity index (χ2n) is 5.16. The van der Waals surface area contributed by atoms with Gasteiger partial charge in [-0.2, -0.15) is 0 Å². The molecule has 0 aliphatic carbocycles. The van der Waals surface area contributed by atoms with Gasteiger partial charge in [-0.3, -0.25) is 4.79 Å². The van der Waals surface area contributed by atoms with Crippen molar-refractivity contribution in [1.29, 1.82) is 0 Å². The van der Waals surface area contributed by atoms with Gasteiger partial charge in [0.05, 0.1) is 20.1 Å². The fourth-order valence-electron chi connectivity index (χ4n) is 1.98. The summed E-state index contributed by atoms with van der Waals surface area (Å²) < 4.78 is 21.4. The highest BCUT2D eigenvalue weighted by Gasteiger charge is 2.32. The van der Waals surface area contributed by atoms with Crippen LogP contribution in [0.1, 0.15) is 19.4 Å². The number of carbonyl (C=O) groups excluding carboxylic acids is 1. The number of carbonyl (C=O) groups is 1. The molecule has 0 radical (unpaired) electrons. The Morgan fingerprint density at radius 3 is 2.60 bits per heavy atom. The van der Waals surface area contributed by atoms with Crippen molar-refractivity contribution in [1.82, 2.24) is 0 Å². The highest BCUT2D eigenvalue weighted by atomic mass is 16.7. The van der Waals surface area contributed by atoms with E-state index in [1.54, 1.807) is 0 Å². The summed E-state index contributed by atoms with van der Waals surface area (Å²) in [5, 5.41) is 0. The van der Waals surface area contributed by atoms with Gasteiger partial charge in [-0.15, -0.1) is 0 Å². The largest absolute Gasteiger partial charge is 0.491 e. The standard InChI is InChI=1S/C15H20O5/c1-15(2)19-10-13(20-15)9-18-12-6-4-11(5-7-12)8-14(16)17-3/h4-7,13H,8-10H2,1-3H3/t13-/m1/s1. The van der Waals surface area contributed by atoms with E-state index < -0.39 is 5.79 Å². The second kappa shape index (κ2) is 6.24. The normalized spacial score (nSPS) is 20.6. The first-order valence-electron chi connectivity index (χ1n) is 6.59. The van der Waals surface area contributed by atoms with E-state index in [0.717, 1.165) is 11.3 Å². The molecule has 5 heteroatoms. The fourth-order valence-corrected chi connectivity index (χ4v) is 1.98. The van der Waals surface area contributed by atoms with Crippen molar-refractivity contribution in [3.8, 4) is 5.75 Å². The summed E-state index contributed by atoms with van der Waals surface area (Å²) in [4.78, 5) is 11.1. The lowest BCUT2D eigenvalue weighted by atomic mass is 10.1. The van der Waals surface area contributed by atoms with Crippen molar-refractivity contribution in [3.05, 3.63) is 29.8 Å². The molecule has 1 aromatic rings. The van der Waals surface area contributed by atoms with Crippen LogP contribution in [-0.2, 0) is 25.4 Å². The van der Waals surface area contributed by atoms with E-state index in [1.165, 1.54) is 7.11 Å². The second-order valence-corrected chi connectivity index (χ2v) is 5.16. The lowest BCUT2D eigenvalue weighted by Crippen LogP contribution is -2.25. The molecule has 0 N–H and O–H groups in total. The monoisotopic (exact) mass is 280 g/mol. The molecule has 110 valence electrons. The van der Waals surface area contributed by atoms with Gasteiger partial charge in [0, 0.05) is 0 Å². The van der Waals surface area contributed by atoms with Crippen LogP contribution in [0.5, 0.6) is 5.75 Å². The van der Waals surface area contributed by atoms with Crippen molar-refractivity contribution >= 4 is 5.97 Å². The zero-order chi connectivity index (χ0) is 14.6. The number of benzene rings is 1. The average Bonchev–Trinajstić information content (AvgIpc) is 2.77. The summed E-state index contributed by atoms with van der Waals surface area (Å²) in [5.74, 6) is -0.0393. The number of hydrogen-bond acceptors (Lipinski definition) is 5. The third-order valence-electron chi connectivity index (χ3n) is 3.00. The predicted molar refractivity (Wildman–Crippen MR) is 72.6 cm³/mol. The van der Waals surface area contributed by atoms with Crippen molar-refractivity contribution in [2.45, 2.75) is 32.2 Å². The minimum absolute atomic E-state index is 0.0558. The Bertz CT molecular complexity index is 452. The highest BCUT2D eigenvalue weighted by molar-refractivity contribution is 5.72. The molecule has 1 aliphatic heterocycles. The van der Waals surface area contributed by atoms with Crippen LogP contribution < -0.4 is 4.74 Å². The first-order chi connectivity index (χ1) is 9.48. The zero-order valence-corrected chi connectivity index (χ0v) is 12.0. The summed E-state index contributed by atoms with van der Waals surface area (Å²) in [6, 6.07) is 7.36. The van der Waals surface area contributed by atoms with Crippen LogP contribution in [0.2, 0.25) is 0 Å². The first kappa shape index (κ1) is 14.8. The summed E-state index contributed by atoms with van der Waals surface area (Å²) in [6.45, 7) is 4.75. The topological polar surface area (TPSA) is 54.0 Å². The van der Waals surface area contributed by atoms with Crippen LogP contribution in [-0.4, -0.2) is 38.2 Å². The number of methoxy groups -OCH3 is 1. The summed E-state index contributed by atoms with van der Waals surface area (Å²) in [7, 11) is 1.38. The van der Waals surface area contributed by atoms with Crippen LogP contribution in [0.25, 0.3) is 0 Å². The Balaban J connectivity index is 1.81. The minimum Gasteiger partial charge on any atom is -0.491 e. The van der Waals surface area contributed by atoms with E-state index in [4.69, 9.17) is 14.2 Å². The van der Waals surface area contributed by atoms with Crippen LogP contribution in [0.4, 0.5) is 0 Å². The van der Waals surface area contributed by atoms with Gasteiger partial charge in [0.15, 0.2) is 5.79 Å². The molecule has 1 fully saturated rings. The maximum absolute atomic E-state index is 11.1. The molecule has 20 heavy (non-hydrogen) atoms. The smallest absolute Gasteiger partial charge is 0.309 e. The van der Waals surface area contributed by atoms with Crippen molar-refractivity contribution in [2.75, 3.05) is 20.3 Å². The molecule has 1 saturated heterocycles. The average molecular weight is 280 g/mol. The predicted octanol–water partition coefficient (Wildman–Crippen LogP) is 1.93. The Kier molecular flexibility index (Phi) is 4.62. The van der Waals surface area contributed by atoms with E-state index in [1.807, 2.05) is 38.1 Å². The SMILES string of the molecule is COC(=O)Cc1ccc(OC[C@@H]2COC(C)(C)O2)cc1. The molecule has 0 spiro atoms. The van der Waals surface area contributed by atoms with Crippen molar-refractivity contribution in [3.63, 3.8) is 0 Å². The molecule has 1 aliphatic rings. The molecule has 1 aromatic carbocycles. The summed E-state index contributed by atoms with van der Waals surface area (Å²) in [5.41, 5.74) is 0.894. The Labute approximate surface area is 118 Å². The number of hydrogen-bond donors (Lipinski definition) is 0. The van der Waals surface area contributed by atoms with Gasteiger partial charge in [-0.25, -0.2) is 0 Å². The molecule has 0 bridgehead atoms. The molecule has 0 amide bonds. The third-order valence-corrected chi connectivity index (χ3v) is 3.00. The van der Waals surface area contributed by atoms with Gasteiger partial charge < -0.3 is 18.9 Å². The molecule has 0 aromatic heterocycles. The van der Waals surface area contributed by atoms with Crippen LogP contribution >= 0.6 is 0 Å². The maximum atomic E-state index is 11.1. The van der Waals surface area contributed by atoms with E-state index in [9.17, 15) is 4.79 Å². The minimum atomic E-state index is -0.529. The highest BCUT2D eigenvalue weighted by Crippen LogP contribution is 2.23. The number of ether oxygens (including phenoxy) is 4. The molecule has 0 unspecified atom stereocenters. The molecule has 5 nitrogen and oxygen atoms in total. The third kappa shape index (κ3) is 4.21. The van der Waals surface area contributed by atoms with Crippen LogP contribution in [0.15, 0.2) is 24.3 Å².